The molecule has 1 aromatic heterocycles. The van der Waals surface area contributed by atoms with Crippen LogP contribution in [0.2, 0.25) is 5.02 Å². The molecule has 0 spiro atoms. The molecule has 1 amide bonds. The van der Waals surface area contributed by atoms with Gasteiger partial charge >= 0.3 is 5.69 Å². The molecule has 0 aliphatic carbocycles. The highest BCUT2D eigenvalue weighted by atomic mass is 35.5. The molecule has 0 fully saturated rings. The molecule has 2 N–H and O–H groups in total. The van der Waals surface area contributed by atoms with Crippen LogP contribution in [0, 0.1) is 0 Å². The van der Waals surface area contributed by atoms with Crippen LogP contribution in [0.15, 0.2) is 40.1 Å². The highest BCUT2D eigenvalue weighted by Gasteiger charge is 2.13. The second kappa shape index (κ2) is 7.15. The zero-order valence-electron chi connectivity index (χ0n) is 12.5. The van der Waals surface area contributed by atoms with Gasteiger partial charge in [-0.3, -0.25) is 14.2 Å². The summed E-state index contributed by atoms with van der Waals surface area (Å²) in [4.78, 5) is 35.3. The van der Waals surface area contributed by atoms with Crippen molar-refractivity contribution < 1.29 is 9.53 Å². The van der Waals surface area contributed by atoms with Gasteiger partial charge in [-0.2, -0.15) is 0 Å². The van der Waals surface area contributed by atoms with Crippen LogP contribution in [0.4, 0.5) is 0 Å². The lowest BCUT2D eigenvalue weighted by Gasteiger charge is -2.10. The number of ether oxygens (including phenoxy) is 1. The highest BCUT2D eigenvalue weighted by Crippen LogP contribution is 2.17. The smallest absolute Gasteiger partial charge is 0.330 e. The summed E-state index contributed by atoms with van der Waals surface area (Å²) in [5, 5.41) is 0.557. The largest absolute Gasteiger partial charge is 0.493 e. The topological polar surface area (TPSA) is 96.3 Å². The van der Waals surface area contributed by atoms with Gasteiger partial charge in [0.05, 0.1) is 6.61 Å². The van der Waals surface area contributed by atoms with E-state index in [1.807, 2.05) is 0 Å². The standard InChI is InChI=1S/C15H16ClN3O4/c1-18-9-12(13(17)20)14(21)19(15(18)22)6-3-7-23-11-5-2-4-10(16)8-11/h2,4-5,8-9H,3,6-7H2,1H3,(H2,17,20). The van der Waals surface area contributed by atoms with Crippen LogP contribution in [0.5, 0.6) is 5.75 Å². The van der Waals surface area contributed by atoms with Crippen molar-refractivity contribution in [3.05, 3.63) is 61.9 Å². The minimum atomic E-state index is -0.866. The molecule has 0 unspecified atom stereocenters. The third-order valence-corrected chi connectivity index (χ3v) is 3.42. The SMILES string of the molecule is Cn1cc(C(N)=O)c(=O)n(CCCOc2cccc(Cl)c2)c1=O. The minimum absolute atomic E-state index is 0.118. The van der Waals surface area contributed by atoms with E-state index >= 15 is 0 Å². The van der Waals surface area contributed by atoms with Gasteiger partial charge in [-0.15, -0.1) is 0 Å². The van der Waals surface area contributed by atoms with E-state index in [-0.39, 0.29) is 18.7 Å². The van der Waals surface area contributed by atoms with Crippen LogP contribution < -0.4 is 21.7 Å². The van der Waals surface area contributed by atoms with Gasteiger partial charge in [0.2, 0.25) is 0 Å². The molecule has 2 aromatic rings. The van der Waals surface area contributed by atoms with Gasteiger partial charge in [-0.25, -0.2) is 4.79 Å². The zero-order chi connectivity index (χ0) is 17.0. The van der Waals surface area contributed by atoms with Crippen molar-refractivity contribution in [1.82, 2.24) is 9.13 Å². The van der Waals surface area contributed by atoms with E-state index in [1.165, 1.54) is 7.05 Å². The summed E-state index contributed by atoms with van der Waals surface area (Å²) < 4.78 is 7.62. The van der Waals surface area contributed by atoms with E-state index in [0.717, 1.165) is 15.3 Å². The molecule has 23 heavy (non-hydrogen) atoms. The quantitative estimate of drug-likeness (QED) is 0.787. The number of hydrogen-bond acceptors (Lipinski definition) is 4. The molecule has 2 rings (SSSR count). The second-order valence-electron chi connectivity index (χ2n) is 4.92. The van der Waals surface area contributed by atoms with Crippen LogP contribution in [-0.4, -0.2) is 21.6 Å². The third-order valence-electron chi connectivity index (χ3n) is 3.19. The number of nitrogens with zero attached hydrogens (tertiary/aromatic N) is 2. The first-order valence-electron chi connectivity index (χ1n) is 6.89. The lowest BCUT2D eigenvalue weighted by atomic mass is 10.3. The Kier molecular flexibility index (Phi) is 5.23. The summed E-state index contributed by atoms with van der Waals surface area (Å²) >= 11 is 5.85. The molecule has 0 radical (unpaired) electrons. The number of halogens is 1. The van der Waals surface area contributed by atoms with Crippen molar-refractivity contribution in [2.24, 2.45) is 12.8 Å². The Morgan fingerprint density at radius 1 is 1.35 bits per heavy atom. The minimum Gasteiger partial charge on any atom is -0.493 e. The molecule has 0 atom stereocenters. The number of rotatable bonds is 6. The van der Waals surface area contributed by atoms with E-state index in [9.17, 15) is 14.4 Å². The molecule has 0 saturated heterocycles. The monoisotopic (exact) mass is 337 g/mol. The maximum Gasteiger partial charge on any atom is 0.330 e. The Labute approximate surface area is 136 Å². The Morgan fingerprint density at radius 2 is 2.09 bits per heavy atom. The molecule has 8 heteroatoms. The fourth-order valence-corrected chi connectivity index (χ4v) is 2.24. The molecule has 7 nitrogen and oxygen atoms in total. The van der Waals surface area contributed by atoms with Crippen LogP contribution in [0.3, 0.4) is 0 Å². The summed E-state index contributed by atoms with van der Waals surface area (Å²) in [5.74, 6) is -0.266. The molecular formula is C15H16ClN3O4. The highest BCUT2D eigenvalue weighted by molar-refractivity contribution is 6.30. The maximum atomic E-state index is 12.1. The number of carbonyl (C=O) groups is 1. The van der Waals surface area contributed by atoms with E-state index in [0.29, 0.717) is 17.2 Å². The Bertz CT molecular complexity index is 841. The summed E-state index contributed by atoms with van der Waals surface area (Å²) in [6, 6.07) is 6.91. The lowest BCUT2D eigenvalue weighted by Crippen LogP contribution is -2.42. The average molecular weight is 338 g/mol. The molecule has 0 aliphatic heterocycles. The number of amides is 1. The fraction of sp³-hybridized carbons (Fsp3) is 0.267. The van der Waals surface area contributed by atoms with Gasteiger partial charge < -0.3 is 15.0 Å². The zero-order valence-corrected chi connectivity index (χ0v) is 13.2. The van der Waals surface area contributed by atoms with E-state index in [2.05, 4.69) is 0 Å². The van der Waals surface area contributed by atoms with E-state index < -0.39 is 17.2 Å². The number of carbonyl (C=O) groups excluding carboxylic acids is 1. The Balaban J connectivity index is 2.07. The predicted octanol–water partition coefficient (Wildman–Crippen LogP) is 0.768. The molecule has 1 aromatic carbocycles. The van der Waals surface area contributed by atoms with Gasteiger partial charge in [0.15, 0.2) is 0 Å². The van der Waals surface area contributed by atoms with Crippen molar-refractivity contribution in [2.75, 3.05) is 6.61 Å². The van der Waals surface area contributed by atoms with Crippen molar-refractivity contribution >= 4 is 17.5 Å². The number of aromatic nitrogens is 2. The average Bonchev–Trinajstić information content (AvgIpc) is 2.50. The summed E-state index contributed by atoms with van der Waals surface area (Å²) in [5.41, 5.74) is 3.72. The van der Waals surface area contributed by atoms with Crippen molar-refractivity contribution in [3.63, 3.8) is 0 Å². The first-order valence-corrected chi connectivity index (χ1v) is 7.26. The van der Waals surface area contributed by atoms with E-state index in [4.69, 9.17) is 22.1 Å². The van der Waals surface area contributed by atoms with Gasteiger partial charge in [0.25, 0.3) is 11.5 Å². The third kappa shape index (κ3) is 4.01. The van der Waals surface area contributed by atoms with Gasteiger partial charge in [0.1, 0.15) is 11.3 Å². The van der Waals surface area contributed by atoms with Crippen molar-refractivity contribution in [2.45, 2.75) is 13.0 Å². The molecule has 1 heterocycles. The second-order valence-corrected chi connectivity index (χ2v) is 5.35. The Morgan fingerprint density at radius 3 is 2.74 bits per heavy atom. The normalized spacial score (nSPS) is 10.5. The molecular weight excluding hydrogens is 322 g/mol. The van der Waals surface area contributed by atoms with E-state index in [1.54, 1.807) is 24.3 Å². The van der Waals surface area contributed by atoms with Gasteiger partial charge in [0, 0.05) is 24.8 Å². The molecule has 122 valence electrons. The number of benzene rings is 1. The maximum absolute atomic E-state index is 12.1. The summed E-state index contributed by atoms with van der Waals surface area (Å²) in [6.45, 7) is 0.407. The van der Waals surface area contributed by atoms with Gasteiger partial charge in [-0.05, 0) is 24.6 Å². The van der Waals surface area contributed by atoms with Crippen LogP contribution in [-0.2, 0) is 13.6 Å². The van der Waals surface area contributed by atoms with Crippen LogP contribution in [0.25, 0.3) is 0 Å². The van der Waals surface area contributed by atoms with Crippen LogP contribution in [0.1, 0.15) is 16.8 Å². The van der Waals surface area contributed by atoms with Gasteiger partial charge in [-0.1, -0.05) is 17.7 Å². The van der Waals surface area contributed by atoms with Crippen molar-refractivity contribution in [1.29, 1.82) is 0 Å². The Hall–Kier alpha value is -2.54. The first-order chi connectivity index (χ1) is 10.9. The summed E-state index contributed by atoms with van der Waals surface area (Å²) in [7, 11) is 1.45. The first kappa shape index (κ1) is 16.8. The molecule has 0 saturated carbocycles. The number of primary amides is 1. The predicted molar refractivity (Wildman–Crippen MR) is 86.0 cm³/mol. The number of aryl methyl sites for hydroxylation is 1. The lowest BCUT2D eigenvalue weighted by molar-refractivity contribution is 0.0997. The molecule has 0 aliphatic rings. The summed E-state index contributed by atoms with van der Waals surface area (Å²) in [6.07, 6.45) is 1.55. The number of hydrogen-bond donors (Lipinski definition) is 1. The number of nitrogens with two attached hydrogens (primary N) is 1. The van der Waals surface area contributed by atoms with Crippen molar-refractivity contribution in [3.8, 4) is 5.75 Å². The van der Waals surface area contributed by atoms with Crippen LogP contribution >= 0.6 is 11.6 Å². The molecule has 0 bridgehead atoms. The fourth-order valence-electron chi connectivity index (χ4n) is 2.06.